The quantitative estimate of drug-likeness (QED) is 0.445. The third-order valence-electron chi connectivity index (χ3n) is 3.02. The Morgan fingerprint density at radius 2 is 2.12 bits per heavy atom. The molecule has 0 aliphatic carbocycles. The van der Waals surface area contributed by atoms with Crippen molar-refractivity contribution in [2.24, 2.45) is 4.99 Å². The average molecular weight is 324 g/mol. The Bertz CT molecular complexity index is 699. The maximum absolute atomic E-state index is 11.9. The highest BCUT2D eigenvalue weighted by atomic mass is 16.5. The molecule has 0 radical (unpaired) electrons. The van der Waals surface area contributed by atoms with Crippen LogP contribution in [0.3, 0.4) is 0 Å². The minimum absolute atomic E-state index is 0.160. The lowest BCUT2D eigenvalue weighted by Gasteiger charge is -2.06. The van der Waals surface area contributed by atoms with Crippen LogP contribution >= 0.6 is 0 Å². The number of anilines is 1. The summed E-state index contributed by atoms with van der Waals surface area (Å²) in [6.07, 6.45) is 6.50. The van der Waals surface area contributed by atoms with Gasteiger partial charge in [0.15, 0.2) is 0 Å². The number of rotatable bonds is 8. The molecule has 2 N–H and O–H groups in total. The van der Waals surface area contributed by atoms with Crippen molar-refractivity contribution in [2.75, 3.05) is 25.5 Å². The average Bonchev–Trinajstić information content (AvgIpc) is 2.64. The number of hydrogen-bond donors (Lipinski definition) is 2. The first-order valence-corrected chi connectivity index (χ1v) is 7.57. The van der Waals surface area contributed by atoms with Gasteiger partial charge in [-0.25, -0.2) is 4.98 Å². The zero-order valence-corrected chi connectivity index (χ0v) is 13.5. The molecule has 2 rings (SSSR count). The van der Waals surface area contributed by atoms with Crippen LogP contribution in [-0.2, 0) is 4.74 Å². The number of carbonyl (C=O) groups is 1. The number of carbonyl (C=O) groups excluding carboxylic acids is 1. The van der Waals surface area contributed by atoms with Crippen LogP contribution in [-0.4, -0.2) is 37.3 Å². The number of para-hydroxylation sites is 1. The van der Waals surface area contributed by atoms with Gasteiger partial charge in [-0.05, 0) is 30.3 Å². The van der Waals surface area contributed by atoms with E-state index in [4.69, 9.17) is 4.74 Å². The SMILES string of the molecule is CNc1cc(C(=O)NCCO/C=C/C=N\c2ccccc2)ccn1. The van der Waals surface area contributed by atoms with E-state index in [1.165, 1.54) is 0 Å². The first kappa shape index (κ1) is 17.2. The lowest BCUT2D eigenvalue weighted by Crippen LogP contribution is -2.26. The lowest BCUT2D eigenvalue weighted by atomic mass is 10.2. The van der Waals surface area contributed by atoms with Gasteiger partial charge in [-0.3, -0.25) is 9.79 Å². The van der Waals surface area contributed by atoms with E-state index in [9.17, 15) is 4.79 Å². The molecule has 0 atom stereocenters. The van der Waals surface area contributed by atoms with Gasteiger partial charge in [0, 0.05) is 25.0 Å². The molecule has 0 bridgehead atoms. The first-order chi connectivity index (χ1) is 11.8. The molecule has 1 amide bonds. The number of ether oxygens (including phenoxy) is 1. The van der Waals surface area contributed by atoms with Gasteiger partial charge in [-0.15, -0.1) is 0 Å². The molecule has 1 aromatic carbocycles. The molecular formula is C18H20N4O2. The van der Waals surface area contributed by atoms with Gasteiger partial charge in [0.05, 0.1) is 18.5 Å². The highest BCUT2D eigenvalue weighted by Crippen LogP contribution is 2.08. The summed E-state index contributed by atoms with van der Waals surface area (Å²) in [7, 11) is 1.76. The number of pyridine rings is 1. The molecule has 6 nitrogen and oxygen atoms in total. The van der Waals surface area contributed by atoms with Gasteiger partial charge in [0.2, 0.25) is 0 Å². The zero-order valence-electron chi connectivity index (χ0n) is 13.5. The van der Waals surface area contributed by atoms with E-state index in [-0.39, 0.29) is 5.91 Å². The molecule has 1 aromatic heterocycles. The van der Waals surface area contributed by atoms with Crippen LogP contribution in [0.25, 0.3) is 0 Å². The molecule has 124 valence electrons. The second-order valence-corrected chi connectivity index (χ2v) is 4.75. The van der Waals surface area contributed by atoms with Gasteiger partial charge in [0.25, 0.3) is 5.91 Å². The van der Waals surface area contributed by atoms with Crippen molar-refractivity contribution in [3.05, 3.63) is 66.6 Å². The highest BCUT2D eigenvalue weighted by molar-refractivity contribution is 5.94. The summed E-state index contributed by atoms with van der Waals surface area (Å²) in [6.45, 7) is 0.793. The van der Waals surface area contributed by atoms with Crippen molar-refractivity contribution in [1.29, 1.82) is 0 Å². The van der Waals surface area contributed by atoms with E-state index in [2.05, 4.69) is 20.6 Å². The van der Waals surface area contributed by atoms with Crippen LogP contribution < -0.4 is 10.6 Å². The molecule has 0 aliphatic rings. The second kappa shape index (κ2) is 9.78. The molecule has 6 heteroatoms. The van der Waals surface area contributed by atoms with Crippen LogP contribution in [0.1, 0.15) is 10.4 Å². The van der Waals surface area contributed by atoms with Crippen LogP contribution in [0.5, 0.6) is 0 Å². The van der Waals surface area contributed by atoms with Crippen molar-refractivity contribution in [3.8, 4) is 0 Å². The number of aromatic nitrogens is 1. The number of hydrogen-bond acceptors (Lipinski definition) is 5. The number of benzene rings is 1. The largest absolute Gasteiger partial charge is 0.499 e. The number of nitrogens with zero attached hydrogens (tertiary/aromatic N) is 2. The smallest absolute Gasteiger partial charge is 0.251 e. The lowest BCUT2D eigenvalue weighted by molar-refractivity contribution is 0.0942. The summed E-state index contributed by atoms with van der Waals surface area (Å²) in [5.41, 5.74) is 1.44. The summed E-state index contributed by atoms with van der Waals surface area (Å²) >= 11 is 0. The number of nitrogens with one attached hydrogen (secondary N) is 2. The molecule has 24 heavy (non-hydrogen) atoms. The minimum atomic E-state index is -0.160. The predicted molar refractivity (Wildman–Crippen MR) is 95.8 cm³/mol. The van der Waals surface area contributed by atoms with Gasteiger partial charge >= 0.3 is 0 Å². The fraction of sp³-hybridized carbons (Fsp3) is 0.167. The summed E-state index contributed by atoms with van der Waals surface area (Å²) in [6, 6.07) is 13.0. The topological polar surface area (TPSA) is 75.6 Å². The molecule has 1 heterocycles. The Labute approximate surface area is 141 Å². The molecule has 0 unspecified atom stereocenters. The molecule has 2 aromatic rings. The molecule has 0 saturated heterocycles. The van der Waals surface area contributed by atoms with Crippen LogP contribution in [0.2, 0.25) is 0 Å². The van der Waals surface area contributed by atoms with Crippen molar-refractivity contribution in [3.63, 3.8) is 0 Å². The minimum Gasteiger partial charge on any atom is -0.499 e. The number of allylic oxidation sites excluding steroid dienone is 1. The van der Waals surface area contributed by atoms with E-state index >= 15 is 0 Å². The fourth-order valence-corrected chi connectivity index (χ4v) is 1.84. The summed E-state index contributed by atoms with van der Waals surface area (Å²) < 4.78 is 5.29. The van der Waals surface area contributed by atoms with Crippen LogP contribution in [0, 0.1) is 0 Å². The predicted octanol–water partition coefficient (Wildman–Crippen LogP) is 2.79. The van der Waals surface area contributed by atoms with E-state index in [0.717, 1.165) is 5.69 Å². The van der Waals surface area contributed by atoms with Crippen LogP contribution in [0.4, 0.5) is 11.5 Å². The third kappa shape index (κ3) is 5.92. The molecule has 0 fully saturated rings. The third-order valence-corrected chi connectivity index (χ3v) is 3.02. The van der Waals surface area contributed by atoms with E-state index in [1.54, 1.807) is 43.9 Å². The summed E-state index contributed by atoms with van der Waals surface area (Å²) in [5.74, 6) is 0.492. The first-order valence-electron chi connectivity index (χ1n) is 7.57. The van der Waals surface area contributed by atoms with Gasteiger partial charge in [-0.1, -0.05) is 18.2 Å². The highest BCUT2D eigenvalue weighted by Gasteiger charge is 2.05. The van der Waals surface area contributed by atoms with Crippen LogP contribution in [0.15, 0.2) is 66.0 Å². The Balaban J connectivity index is 1.64. The van der Waals surface area contributed by atoms with E-state index in [0.29, 0.717) is 24.5 Å². The maximum atomic E-state index is 11.9. The molecule has 0 spiro atoms. The molecular weight excluding hydrogens is 304 g/mol. The van der Waals surface area contributed by atoms with Gasteiger partial charge in [-0.2, -0.15) is 0 Å². The fourth-order valence-electron chi connectivity index (χ4n) is 1.84. The van der Waals surface area contributed by atoms with Gasteiger partial charge < -0.3 is 15.4 Å². The Hall–Kier alpha value is -3.15. The Kier molecular flexibility index (Phi) is 7.01. The number of aliphatic imine (C=N–C) groups is 1. The van der Waals surface area contributed by atoms with Crippen molar-refractivity contribution >= 4 is 23.6 Å². The summed E-state index contributed by atoms with van der Waals surface area (Å²) in [5, 5.41) is 5.67. The second-order valence-electron chi connectivity index (χ2n) is 4.75. The number of amides is 1. The maximum Gasteiger partial charge on any atom is 0.251 e. The molecule has 0 aliphatic heterocycles. The normalized spacial score (nSPS) is 10.9. The standard InChI is InChI=1S/C18H20N4O2/c1-19-17-14-15(8-10-21-17)18(23)22-11-13-24-12-5-9-20-16-6-3-2-4-7-16/h2-10,12,14H,11,13H2,1H3,(H,19,21)(H,22,23)/b12-5+,20-9-. The van der Waals surface area contributed by atoms with Crippen molar-refractivity contribution in [1.82, 2.24) is 10.3 Å². The van der Waals surface area contributed by atoms with Gasteiger partial charge in [0.1, 0.15) is 12.4 Å². The van der Waals surface area contributed by atoms with E-state index in [1.807, 2.05) is 30.3 Å². The van der Waals surface area contributed by atoms with Crippen molar-refractivity contribution in [2.45, 2.75) is 0 Å². The monoisotopic (exact) mass is 324 g/mol. The Morgan fingerprint density at radius 1 is 1.29 bits per heavy atom. The summed E-state index contributed by atoms with van der Waals surface area (Å²) in [4.78, 5) is 20.2. The molecule has 0 saturated carbocycles. The van der Waals surface area contributed by atoms with E-state index < -0.39 is 0 Å². The Morgan fingerprint density at radius 3 is 2.92 bits per heavy atom. The van der Waals surface area contributed by atoms with Crippen molar-refractivity contribution < 1.29 is 9.53 Å². The zero-order chi connectivity index (χ0) is 17.0.